The van der Waals surface area contributed by atoms with Gasteiger partial charge in [0, 0.05) is 85.9 Å². The highest BCUT2D eigenvalue weighted by atomic mass is 32.2. The number of sulfonamides is 1. The lowest BCUT2D eigenvalue weighted by Gasteiger charge is -2.39. The van der Waals surface area contributed by atoms with Gasteiger partial charge in [-0.15, -0.1) is 11.8 Å². The van der Waals surface area contributed by atoms with Crippen LogP contribution >= 0.6 is 11.8 Å². The minimum Gasteiger partial charge on any atom is -0.380 e. The fraction of sp³-hybridized carbons (Fsp3) is 0.500. The van der Waals surface area contributed by atoms with Gasteiger partial charge in [0.2, 0.25) is 0 Å². The van der Waals surface area contributed by atoms with Crippen molar-refractivity contribution in [2.24, 2.45) is 5.41 Å². The molecule has 0 saturated carbocycles. The average molecular weight is 986 g/mol. The van der Waals surface area contributed by atoms with E-state index in [-0.39, 0.29) is 17.4 Å². The Bertz CT molecular complexity index is 2420. The Morgan fingerprint density at radius 1 is 0.864 bits per heavy atom. The third kappa shape index (κ3) is 13.8. The summed E-state index contributed by atoms with van der Waals surface area (Å²) in [5, 5.41) is 2.97. The number of nitrogens with one attached hydrogen (secondary N) is 2. The number of hydrogen-bond acceptors (Lipinski definition) is 11. The second kappa shape index (κ2) is 21.5. The highest BCUT2D eigenvalue weighted by Crippen LogP contribution is 2.42. The standard InChI is InChI=1S/C46H57F6N5O6S3/c1-33(45(47,48)49)9-10-34-17-19-44(2,3)30-36(34)31-56-21-23-57(24-22-56)38-13-11-35(12-14-38)43(58)54-66(61,62)40-15-16-41(42(29-40)65(59,60)46(50,51)52)53-37(18-20-55-25-27-63-28-26-55)32-64-39-7-5-4-6-8-39/h4-8,11-16,29,37,53H,1,9-10,17-28,30-32H2,2-3H3,(H,54,58)/t37-/m1/s1. The van der Waals surface area contributed by atoms with Crippen molar-refractivity contribution >= 4 is 48.9 Å². The predicted molar refractivity (Wildman–Crippen MR) is 245 cm³/mol. The molecule has 0 unspecified atom stereocenters. The first-order chi connectivity index (χ1) is 31.0. The number of anilines is 2. The van der Waals surface area contributed by atoms with Gasteiger partial charge in [0.15, 0.2) is 0 Å². The maximum absolute atomic E-state index is 14.2. The lowest BCUT2D eigenvalue weighted by molar-refractivity contribution is -0.0935. The molecule has 2 N–H and O–H groups in total. The molecule has 3 aliphatic rings. The van der Waals surface area contributed by atoms with Crippen molar-refractivity contribution in [1.29, 1.82) is 0 Å². The van der Waals surface area contributed by atoms with Gasteiger partial charge in [-0.1, -0.05) is 49.8 Å². The van der Waals surface area contributed by atoms with Gasteiger partial charge >= 0.3 is 11.7 Å². The van der Waals surface area contributed by atoms with Crippen LogP contribution in [-0.2, 0) is 24.6 Å². The van der Waals surface area contributed by atoms with Gasteiger partial charge in [0.1, 0.15) is 4.90 Å². The molecule has 3 aromatic carbocycles. The largest absolute Gasteiger partial charge is 0.501 e. The summed E-state index contributed by atoms with van der Waals surface area (Å²) in [6, 6.07) is 17.2. The zero-order valence-electron chi connectivity index (χ0n) is 37.0. The summed E-state index contributed by atoms with van der Waals surface area (Å²) in [7, 11) is -11.0. The summed E-state index contributed by atoms with van der Waals surface area (Å²) in [6.45, 7) is 13.8. The summed E-state index contributed by atoms with van der Waals surface area (Å²) in [5.74, 6) is -0.729. The maximum Gasteiger partial charge on any atom is 0.501 e. The molecular formula is C46H57F6N5O6S3. The number of piperazine rings is 1. The molecule has 2 fully saturated rings. The van der Waals surface area contributed by atoms with Gasteiger partial charge < -0.3 is 15.0 Å². The van der Waals surface area contributed by atoms with Gasteiger partial charge in [-0.3, -0.25) is 14.6 Å². The van der Waals surface area contributed by atoms with Crippen LogP contribution in [-0.4, -0.2) is 122 Å². The van der Waals surface area contributed by atoms with Crippen molar-refractivity contribution in [3.8, 4) is 0 Å². The predicted octanol–water partition coefficient (Wildman–Crippen LogP) is 8.92. The number of sulfone groups is 1. The summed E-state index contributed by atoms with van der Waals surface area (Å²) < 4.78 is 142. The molecule has 1 atom stereocenters. The second-order valence-corrected chi connectivity index (χ2v) is 22.4. The number of rotatable bonds is 18. The minimum atomic E-state index is -6.08. The summed E-state index contributed by atoms with van der Waals surface area (Å²) >= 11 is 1.43. The summed E-state index contributed by atoms with van der Waals surface area (Å²) in [4.78, 5) is 18.6. The van der Waals surface area contributed by atoms with E-state index in [2.05, 4.69) is 40.4 Å². The van der Waals surface area contributed by atoms with E-state index in [0.29, 0.717) is 90.2 Å². The van der Waals surface area contributed by atoms with Crippen molar-refractivity contribution in [1.82, 2.24) is 14.5 Å². The molecule has 0 aromatic heterocycles. The lowest BCUT2D eigenvalue weighted by Crippen LogP contribution is -2.47. The molecule has 1 aliphatic carbocycles. The molecule has 20 heteroatoms. The highest BCUT2D eigenvalue weighted by Gasteiger charge is 2.48. The Labute approximate surface area is 388 Å². The monoisotopic (exact) mass is 985 g/mol. The van der Waals surface area contributed by atoms with Gasteiger partial charge in [0.25, 0.3) is 25.8 Å². The number of thioether (sulfide) groups is 1. The van der Waals surface area contributed by atoms with E-state index < -0.39 is 64.5 Å². The number of ether oxygens (including phenoxy) is 1. The smallest absolute Gasteiger partial charge is 0.380 e. The zero-order valence-corrected chi connectivity index (χ0v) is 39.5. The van der Waals surface area contributed by atoms with Crippen molar-refractivity contribution in [3.63, 3.8) is 0 Å². The van der Waals surface area contributed by atoms with Crippen molar-refractivity contribution in [2.45, 2.75) is 84.8 Å². The van der Waals surface area contributed by atoms with Crippen LogP contribution < -0.4 is 14.9 Å². The van der Waals surface area contributed by atoms with E-state index in [1.54, 1.807) is 12.1 Å². The Morgan fingerprint density at radius 2 is 1.53 bits per heavy atom. The minimum absolute atomic E-state index is 0.0451. The van der Waals surface area contributed by atoms with Crippen LogP contribution in [0.3, 0.4) is 0 Å². The molecule has 2 saturated heterocycles. The van der Waals surface area contributed by atoms with Crippen LogP contribution in [0.25, 0.3) is 0 Å². The van der Waals surface area contributed by atoms with Crippen LogP contribution in [0.1, 0.15) is 62.7 Å². The molecule has 66 heavy (non-hydrogen) atoms. The normalized spacial score (nSPS) is 18.5. The number of carbonyl (C=O) groups excluding carboxylic acids is 1. The number of halogens is 6. The first-order valence-corrected chi connectivity index (χ1v) is 25.8. The molecule has 0 bridgehead atoms. The summed E-state index contributed by atoms with van der Waals surface area (Å²) in [5.41, 5.74) is -3.92. The second-order valence-electron chi connectivity index (χ2n) is 17.7. The third-order valence-electron chi connectivity index (χ3n) is 12.2. The van der Waals surface area contributed by atoms with E-state index in [4.69, 9.17) is 4.74 Å². The number of carbonyl (C=O) groups is 1. The molecule has 0 radical (unpaired) electrons. The number of hydrogen-bond donors (Lipinski definition) is 2. The first kappa shape index (κ1) is 51.3. The van der Waals surface area contributed by atoms with Gasteiger partial charge in [-0.05, 0) is 98.5 Å². The molecule has 3 aromatic rings. The molecular weight excluding hydrogens is 929 g/mol. The first-order valence-electron chi connectivity index (χ1n) is 21.8. The van der Waals surface area contributed by atoms with Crippen LogP contribution in [0.4, 0.5) is 37.7 Å². The average Bonchev–Trinajstić information content (AvgIpc) is 3.27. The SMILES string of the molecule is C=C(CCC1=C(CN2CCN(c3ccc(C(=O)NS(=O)(=O)c4ccc(N[C@H](CCN5CCOCC5)CSc5ccccc5)c(S(=O)(=O)C(F)(F)F)c4)cc3)CC2)CC(C)(C)CC1)C(F)(F)F. The van der Waals surface area contributed by atoms with Crippen LogP contribution in [0.2, 0.25) is 0 Å². The summed E-state index contributed by atoms with van der Waals surface area (Å²) in [6.07, 6.45) is -1.31. The molecule has 2 aliphatic heterocycles. The van der Waals surface area contributed by atoms with E-state index in [1.165, 1.54) is 29.5 Å². The number of benzene rings is 3. The molecule has 11 nitrogen and oxygen atoms in total. The van der Waals surface area contributed by atoms with Crippen molar-refractivity contribution < 1.29 is 52.7 Å². The van der Waals surface area contributed by atoms with Crippen LogP contribution in [0.5, 0.6) is 0 Å². The Kier molecular flexibility index (Phi) is 16.7. The fourth-order valence-electron chi connectivity index (χ4n) is 8.30. The van der Waals surface area contributed by atoms with Crippen molar-refractivity contribution in [2.75, 3.05) is 81.5 Å². The number of nitrogens with zero attached hydrogens (tertiary/aromatic N) is 3. The quantitative estimate of drug-likeness (QED) is 0.0721. The Morgan fingerprint density at radius 3 is 2.17 bits per heavy atom. The number of alkyl halides is 6. The molecule has 362 valence electrons. The van der Waals surface area contributed by atoms with E-state index >= 15 is 0 Å². The molecule has 0 spiro atoms. The zero-order chi connectivity index (χ0) is 47.9. The van der Waals surface area contributed by atoms with Crippen LogP contribution in [0.15, 0.2) is 111 Å². The fourth-order valence-corrected chi connectivity index (χ4v) is 11.3. The molecule has 6 rings (SSSR count). The van der Waals surface area contributed by atoms with E-state index in [9.17, 15) is 48.0 Å². The Hall–Kier alpha value is -4.08. The van der Waals surface area contributed by atoms with Gasteiger partial charge in [-0.2, -0.15) is 26.3 Å². The Balaban J connectivity index is 1.11. The highest BCUT2D eigenvalue weighted by molar-refractivity contribution is 7.99. The van der Waals surface area contributed by atoms with Gasteiger partial charge in [-0.25, -0.2) is 21.6 Å². The van der Waals surface area contributed by atoms with E-state index in [1.807, 2.05) is 35.1 Å². The third-order valence-corrected chi connectivity index (χ3v) is 16.3. The molecule has 2 heterocycles. The number of allylic oxidation sites excluding steroid dienone is 2. The number of amides is 1. The lowest BCUT2D eigenvalue weighted by atomic mass is 9.73. The topological polar surface area (TPSA) is 128 Å². The maximum atomic E-state index is 14.2. The number of morpholine rings is 1. The van der Waals surface area contributed by atoms with Crippen LogP contribution in [0, 0.1) is 5.41 Å². The van der Waals surface area contributed by atoms with Gasteiger partial charge in [0.05, 0.1) is 23.8 Å². The van der Waals surface area contributed by atoms with Crippen molar-refractivity contribution in [3.05, 3.63) is 102 Å². The molecule has 1 amide bonds. The van der Waals surface area contributed by atoms with E-state index in [0.717, 1.165) is 47.6 Å².